The van der Waals surface area contributed by atoms with Gasteiger partial charge in [0.15, 0.2) is 0 Å². The SMILES string of the molecule is CC(C)C1=CC2=CC=C(C3=CC=CC=CN3)C2=C1.[Zr]. The first kappa shape index (κ1) is 14.3. The number of fused-ring (bicyclic) bond motifs is 1. The molecule has 3 aliphatic rings. The van der Waals surface area contributed by atoms with Crippen LogP contribution in [0.2, 0.25) is 0 Å². The maximum atomic E-state index is 3.33. The number of allylic oxidation sites excluding steroid dienone is 11. The molecule has 0 spiro atoms. The number of rotatable bonds is 2. The Labute approximate surface area is 134 Å². The summed E-state index contributed by atoms with van der Waals surface area (Å²) in [5.74, 6) is 0.584. The third kappa shape index (κ3) is 2.74. The summed E-state index contributed by atoms with van der Waals surface area (Å²) in [6.45, 7) is 4.48. The fraction of sp³-hybridized carbons (Fsp3) is 0.176. The van der Waals surface area contributed by atoms with Crippen LogP contribution in [0.1, 0.15) is 13.8 Å². The van der Waals surface area contributed by atoms with E-state index in [1.54, 1.807) is 0 Å². The monoisotopic (exact) mass is 325 g/mol. The molecule has 0 unspecified atom stereocenters. The van der Waals surface area contributed by atoms with Crippen molar-refractivity contribution in [1.29, 1.82) is 0 Å². The largest absolute Gasteiger partial charge is 0.361 e. The van der Waals surface area contributed by atoms with Gasteiger partial charge in [-0.2, -0.15) is 0 Å². The Kier molecular flexibility index (Phi) is 4.42. The first-order valence-electron chi connectivity index (χ1n) is 6.42. The molecule has 3 rings (SSSR count). The summed E-state index contributed by atoms with van der Waals surface area (Å²) in [7, 11) is 0. The summed E-state index contributed by atoms with van der Waals surface area (Å²) in [6, 6.07) is 0. The molecular weight excluding hydrogens is 309 g/mol. The van der Waals surface area contributed by atoms with Crippen LogP contribution in [-0.2, 0) is 26.2 Å². The van der Waals surface area contributed by atoms with Gasteiger partial charge >= 0.3 is 0 Å². The zero-order valence-corrected chi connectivity index (χ0v) is 13.7. The van der Waals surface area contributed by atoms with Gasteiger partial charge in [-0.3, -0.25) is 0 Å². The van der Waals surface area contributed by atoms with E-state index in [0.29, 0.717) is 5.92 Å². The van der Waals surface area contributed by atoms with E-state index in [9.17, 15) is 0 Å². The normalized spacial score (nSPS) is 19.6. The molecule has 1 heterocycles. The molecule has 1 aliphatic heterocycles. The van der Waals surface area contributed by atoms with Gasteiger partial charge in [-0.25, -0.2) is 0 Å². The van der Waals surface area contributed by atoms with Gasteiger partial charge in [0.2, 0.25) is 0 Å². The van der Waals surface area contributed by atoms with Crippen molar-refractivity contribution < 1.29 is 26.2 Å². The van der Waals surface area contributed by atoms with Crippen LogP contribution in [-0.4, -0.2) is 0 Å². The van der Waals surface area contributed by atoms with E-state index >= 15 is 0 Å². The van der Waals surface area contributed by atoms with Crippen LogP contribution < -0.4 is 5.32 Å². The van der Waals surface area contributed by atoms with Crippen LogP contribution in [0.15, 0.2) is 82.8 Å². The number of hydrogen-bond donors (Lipinski definition) is 1. The molecule has 0 aromatic heterocycles. The van der Waals surface area contributed by atoms with Crippen molar-refractivity contribution in [3.8, 4) is 0 Å². The van der Waals surface area contributed by atoms with Crippen LogP contribution in [0.3, 0.4) is 0 Å². The number of hydrogen-bond acceptors (Lipinski definition) is 1. The molecule has 2 aliphatic carbocycles. The van der Waals surface area contributed by atoms with Crippen LogP contribution in [0.5, 0.6) is 0 Å². The molecule has 0 atom stereocenters. The van der Waals surface area contributed by atoms with Crippen molar-refractivity contribution in [3.63, 3.8) is 0 Å². The first-order chi connectivity index (χ1) is 8.75. The van der Waals surface area contributed by atoms with E-state index in [1.165, 1.54) is 22.3 Å². The minimum atomic E-state index is 0. The first-order valence-corrected chi connectivity index (χ1v) is 6.42. The fourth-order valence-electron chi connectivity index (χ4n) is 2.38. The topological polar surface area (TPSA) is 12.0 Å². The summed E-state index contributed by atoms with van der Waals surface area (Å²) in [4.78, 5) is 0. The van der Waals surface area contributed by atoms with Crippen molar-refractivity contribution in [3.05, 3.63) is 82.8 Å². The van der Waals surface area contributed by atoms with Gasteiger partial charge in [0.05, 0.1) is 0 Å². The van der Waals surface area contributed by atoms with Gasteiger partial charge < -0.3 is 5.32 Å². The molecule has 0 saturated heterocycles. The van der Waals surface area contributed by atoms with Gasteiger partial charge in [-0.15, -0.1) is 0 Å². The molecule has 0 radical (unpaired) electrons. The van der Waals surface area contributed by atoms with E-state index < -0.39 is 0 Å². The molecule has 0 aromatic rings. The molecule has 1 N–H and O–H groups in total. The standard InChI is InChI=1S/C17H17N.Zr/c1-12(2)14-10-13-7-8-15(16(13)11-14)17-6-4-3-5-9-18-17;/h3-12,18H,1-2H3;. The average molecular weight is 327 g/mol. The van der Waals surface area contributed by atoms with Crippen molar-refractivity contribution >= 4 is 0 Å². The molecular formula is C17H17NZr. The summed E-state index contributed by atoms with van der Waals surface area (Å²) < 4.78 is 0. The van der Waals surface area contributed by atoms with Gasteiger partial charge in [-0.05, 0) is 34.8 Å². The predicted molar refractivity (Wildman–Crippen MR) is 76.7 cm³/mol. The molecule has 0 fully saturated rings. The van der Waals surface area contributed by atoms with Crippen molar-refractivity contribution in [1.82, 2.24) is 5.32 Å². The Morgan fingerprint density at radius 2 is 1.74 bits per heavy atom. The summed E-state index contributed by atoms with van der Waals surface area (Å²) in [6.07, 6.45) is 19.2. The molecule has 2 heteroatoms. The molecule has 94 valence electrons. The van der Waals surface area contributed by atoms with Gasteiger partial charge in [0, 0.05) is 43.7 Å². The molecule has 1 nitrogen and oxygen atoms in total. The molecule has 0 aromatic carbocycles. The van der Waals surface area contributed by atoms with E-state index in [-0.39, 0.29) is 26.2 Å². The second-order valence-corrected chi connectivity index (χ2v) is 5.03. The Morgan fingerprint density at radius 3 is 2.53 bits per heavy atom. The van der Waals surface area contributed by atoms with Gasteiger partial charge in [0.1, 0.15) is 0 Å². The minimum Gasteiger partial charge on any atom is -0.361 e. The van der Waals surface area contributed by atoms with E-state index in [0.717, 1.165) is 5.70 Å². The molecule has 0 saturated carbocycles. The minimum absolute atomic E-state index is 0. The maximum absolute atomic E-state index is 3.33. The van der Waals surface area contributed by atoms with Gasteiger partial charge in [-0.1, -0.05) is 50.3 Å². The number of nitrogens with one attached hydrogen (secondary N) is 1. The summed E-state index contributed by atoms with van der Waals surface area (Å²) in [5, 5.41) is 3.33. The molecule has 19 heavy (non-hydrogen) atoms. The Bertz CT molecular complexity index is 593. The van der Waals surface area contributed by atoms with Crippen LogP contribution in [0.4, 0.5) is 0 Å². The summed E-state index contributed by atoms with van der Waals surface area (Å²) >= 11 is 0. The van der Waals surface area contributed by atoms with Crippen molar-refractivity contribution in [2.45, 2.75) is 13.8 Å². The predicted octanol–water partition coefficient (Wildman–Crippen LogP) is 3.93. The van der Waals surface area contributed by atoms with Gasteiger partial charge in [0.25, 0.3) is 0 Å². The summed E-state index contributed by atoms with van der Waals surface area (Å²) in [5.41, 5.74) is 6.56. The average Bonchev–Trinajstić information content (AvgIpc) is 2.81. The third-order valence-electron chi connectivity index (χ3n) is 3.44. The second-order valence-electron chi connectivity index (χ2n) is 5.03. The Morgan fingerprint density at radius 1 is 0.895 bits per heavy atom. The third-order valence-corrected chi connectivity index (χ3v) is 3.44. The van der Waals surface area contributed by atoms with Crippen molar-refractivity contribution in [2.24, 2.45) is 5.92 Å². The molecule has 0 bridgehead atoms. The fourth-order valence-corrected chi connectivity index (χ4v) is 2.38. The smallest absolute Gasteiger partial charge is 0.0459 e. The van der Waals surface area contributed by atoms with E-state index in [1.807, 2.05) is 18.4 Å². The van der Waals surface area contributed by atoms with E-state index in [4.69, 9.17) is 0 Å². The molecule has 0 amide bonds. The zero-order chi connectivity index (χ0) is 12.5. The Hall–Kier alpha value is -1.14. The quantitative estimate of drug-likeness (QED) is 0.811. The Balaban J connectivity index is 0.00000133. The van der Waals surface area contributed by atoms with Crippen LogP contribution in [0.25, 0.3) is 0 Å². The van der Waals surface area contributed by atoms with E-state index in [2.05, 4.69) is 55.6 Å². The zero-order valence-electron chi connectivity index (χ0n) is 11.3. The second kappa shape index (κ2) is 5.88. The van der Waals surface area contributed by atoms with Crippen LogP contribution >= 0.6 is 0 Å². The van der Waals surface area contributed by atoms with Crippen molar-refractivity contribution in [2.75, 3.05) is 0 Å². The maximum Gasteiger partial charge on any atom is 0.0459 e. The van der Waals surface area contributed by atoms with Crippen LogP contribution in [0, 0.1) is 5.92 Å².